The van der Waals surface area contributed by atoms with Crippen molar-refractivity contribution in [3.05, 3.63) is 0 Å². The highest BCUT2D eigenvalue weighted by atomic mass is 16.5. The molecule has 4 heteroatoms. The quantitative estimate of drug-likeness (QED) is 0.727. The standard InChI is InChI=1S/C12H24N2O2/c15-11-12-3-1-5-14(12)6-2-4-13-7-9-16-10-8-13/h12,15H,1-11H2/t12-/m1/s1. The summed E-state index contributed by atoms with van der Waals surface area (Å²) in [7, 11) is 0. The molecule has 2 aliphatic heterocycles. The maximum atomic E-state index is 9.22. The predicted molar refractivity (Wildman–Crippen MR) is 63.6 cm³/mol. The van der Waals surface area contributed by atoms with Crippen LogP contribution in [0.5, 0.6) is 0 Å². The second-order valence-electron chi connectivity index (χ2n) is 4.82. The summed E-state index contributed by atoms with van der Waals surface area (Å²) in [4.78, 5) is 4.92. The number of aliphatic hydroxyl groups excluding tert-OH is 1. The third-order valence-electron chi connectivity index (χ3n) is 3.73. The zero-order valence-electron chi connectivity index (χ0n) is 10.1. The lowest BCUT2D eigenvalue weighted by Gasteiger charge is -2.28. The molecular formula is C12H24N2O2. The minimum absolute atomic E-state index is 0.331. The van der Waals surface area contributed by atoms with Crippen molar-refractivity contribution in [3.8, 4) is 0 Å². The highest BCUT2D eigenvalue weighted by Crippen LogP contribution is 2.16. The van der Waals surface area contributed by atoms with Gasteiger partial charge in [-0.15, -0.1) is 0 Å². The number of nitrogens with zero attached hydrogens (tertiary/aromatic N) is 2. The van der Waals surface area contributed by atoms with Gasteiger partial charge in [-0.25, -0.2) is 0 Å². The van der Waals surface area contributed by atoms with Gasteiger partial charge in [0.15, 0.2) is 0 Å². The lowest BCUT2D eigenvalue weighted by Crippen LogP contribution is -2.39. The summed E-state index contributed by atoms with van der Waals surface area (Å²) in [5.74, 6) is 0. The molecule has 1 N–H and O–H groups in total. The molecule has 0 aliphatic carbocycles. The van der Waals surface area contributed by atoms with Crippen LogP contribution in [-0.2, 0) is 4.74 Å². The molecule has 0 unspecified atom stereocenters. The first kappa shape index (κ1) is 12.3. The van der Waals surface area contributed by atoms with Crippen LogP contribution in [0, 0.1) is 0 Å². The molecule has 2 fully saturated rings. The smallest absolute Gasteiger partial charge is 0.0594 e. The van der Waals surface area contributed by atoms with Crippen LogP contribution in [-0.4, -0.2) is 73.5 Å². The molecule has 0 aromatic rings. The Labute approximate surface area is 98.2 Å². The van der Waals surface area contributed by atoms with Crippen LogP contribution in [0.25, 0.3) is 0 Å². The molecule has 1 atom stereocenters. The molecule has 2 saturated heterocycles. The summed E-state index contributed by atoms with van der Waals surface area (Å²) in [6, 6.07) is 0.435. The van der Waals surface area contributed by atoms with Crippen molar-refractivity contribution in [2.45, 2.75) is 25.3 Å². The van der Waals surface area contributed by atoms with Crippen LogP contribution in [0.3, 0.4) is 0 Å². The molecular weight excluding hydrogens is 204 g/mol. The summed E-state index contributed by atoms with van der Waals surface area (Å²) in [6.45, 7) is 7.78. The Balaban J connectivity index is 1.59. The maximum Gasteiger partial charge on any atom is 0.0594 e. The first-order chi connectivity index (χ1) is 7.90. The normalized spacial score (nSPS) is 28.7. The average molecular weight is 228 g/mol. The fourth-order valence-electron chi connectivity index (χ4n) is 2.72. The van der Waals surface area contributed by atoms with Crippen molar-refractivity contribution < 1.29 is 9.84 Å². The average Bonchev–Trinajstić information content (AvgIpc) is 2.78. The molecule has 16 heavy (non-hydrogen) atoms. The van der Waals surface area contributed by atoms with E-state index in [0.717, 1.165) is 32.8 Å². The largest absolute Gasteiger partial charge is 0.395 e. The van der Waals surface area contributed by atoms with Gasteiger partial charge in [-0.3, -0.25) is 9.80 Å². The van der Waals surface area contributed by atoms with Gasteiger partial charge < -0.3 is 9.84 Å². The molecule has 2 rings (SSSR count). The van der Waals surface area contributed by atoms with E-state index in [1.54, 1.807) is 0 Å². The molecule has 0 amide bonds. The number of likely N-dealkylation sites (tertiary alicyclic amines) is 1. The van der Waals surface area contributed by atoms with E-state index in [0.29, 0.717) is 12.6 Å². The molecule has 2 heterocycles. The third kappa shape index (κ3) is 3.42. The van der Waals surface area contributed by atoms with Crippen LogP contribution in [0.2, 0.25) is 0 Å². The Morgan fingerprint density at radius 2 is 1.94 bits per heavy atom. The van der Waals surface area contributed by atoms with Crippen LogP contribution in [0.1, 0.15) is 19.3 Å². The van der Waals surface area contributed by atoms with Crippen LogP contribution >= 0.6 is 0 Å². The predicted octanol–water partition coefficient (Wildman–Crippen LogP) is 0.165. The number of rotatable bonds is 5. The Morgan fingerprint density at radius 3 is 2.69 bits per heavy atom. The number of hydrogen-bond acceptors (Lipinski definition) is 4. The number of morpholine rings is 1. The van der Waals surface area contributed by atoms with Crippen LogP contribution in [0.4, 0.5) is 0 Å². The van der Waals surface area contributed by atoms with Crippen molar-refractivity contribution in [1.29, 1.82) is 0 Å². The van der Waals surface area contributed by atoms with Crippen molar-refractivity contribution in [3.63, 3.8) is 0 Å². The van der Waals surface area contributed by atoms with Gasteiger partial charge in [0.25, 0.3) is 0 Å². The van der Waals surface area contributed by atoms with Crippen molar-refractivity contribution >= 4 is 0 Å². The van der Waals surface area contributed by atoms with Crippen molar-refractivity contribution in [1.82, 2.24) is 9.80 Å². The van der Waals surface area contributed by atoms with Gasteiger partial charge in [-0.1, -0.05) is 0 Å². The van der Waals surface area contributed by atoms with Crippen molar-refractivity contribution in [2.24, 2.45) is 0 Å². The highest BCUT2D eigenvalue weighted by Gasteiger charge is 2.23. The summed E-state index contributed by atoms with van der Waals surface area (Å²) in [6.07, 6.45) is 3.65. The summed E-state index contributed by atoms with van der Waals surface area (Å²) >= 11 is 0. The topological polar surface area (TPSA) is 35.9 Å². The van der Waals surface area contributed by atoms with Gasteiger partial charge in [-0.2, -0.15) is 0 Å². The fourth-order valence-corrected chi connectivity index (χ4v) is 2.72. The molecule has 2 aliphatic rings. The molecule has 0 aromatic carbocycles. The van der Waals surface area contributed by atoms with E-state index < -0.39 is 0 Å². The summed E-state index contributed by atoms with van der Waals surface area (Å²) in [5.41, 5.74) is 0. The third-order valence-corrected chi connectivity index (χ3v) is 3.73. The van der Waals surface area contributed by atoms with E-state index in [2.05, 4.69) is 9.80 Å². The summed E-state index contributed by atoms with van der Waals surface area (Å²) in [5, 5.41) is 9.22. The fraction of sp³-hybridized carbons (Fsp3) is 1.00. The van der Waals surface area contributed by atoms with E-state index >= 15 is 0 Å². The van der Waals surface area contributed by atoms with E-state index in [9.17, 15) is 5.11 Å². The summed E-state index contributed by atoms with van der Waals surface area (Å²) < 4.78 is 5.33. The molecule has 0 radical (unpaired) electrons. The molecule has 0 bridgehead atoms. The molecule has 0 aromatic heterocycles. The molecule has 0 saturated carbocycles. The SMILES string of the molecule is OC[C@H]1CCCN1CCCN1CCOCC1. The Morgan fingerprint density at radius 1 is 1.12 bits per heavy atom. The Bertz CT molecular complexity index is 195. The van der Waals surface area contributed by atoms with E-state index in [4.69, 9.17) is 4.74 Å². The first-order valence-electron chi connectivity index (χ1n) is 6.55. The van der Waals surface area contributed by atoms with Gasteiger partial charge in [0.2, 0.25) is 0 Å². The highest BCUT2D eigenvalue weighted by molar-refractivity contribution is 4.78. The molecule has 4 nitrogen and oxygen atoms in total. The van der Waals surface area contributed by atoms with Gasteiger partial charge in [0.05, 0.1) is 19.8 Å². The first-order valence-corrected chi connectivity index (χ1v) is 6.55. The van der Waals surface area contributed by atoms with Crippen LogP contribution in [0.15, 0.2) is 0 Å². The van der Waals surface area contributed by atoms with E-state index in [-0.39, 0.29) is 0 Å². The van der Waals surface area contributed by atoms with Crippen molar-refractivity contribution in [2.75, 3.05) is 52.5 Å². The second kappa shape index (κ2) is 6.55. The number of aliphatic hydroxyl groups is 1. The minimum Gasteiger partial charge on any atom is -0.395 e. The lowest BCUT2D eigenvalue weighted by atomic mass is 10.2. The number of hydrogen-bond donors (Lipinski definition) is 1. The second-order valence-corrected chi connectivity index (χ2v) is 4.82. The van der Waals surface area contributed by atoms with Gasteiger partial charge >= 0.3 is 0 Å². The maximum absolute atomic E-state index is 9.22. The molecule has 94 valence electrons. The minimum atomic E-state index is 0.331. The number of ether oxygens (including phenoxy) is 1. The van der Waals surface area contributed by atoms with Gasteiger partial charge in [-0.05, 0) is 38.9 Å². The van der Waals surface area contributed by atoms with Crippen LogP contribution < -0.4 is 0 Å². The molecule has 0 spiro atoms. The zero-order valence-corrected chi connectivity index (χ0v) is 10.1. The monoisotopic (exact) mass is 228 g/mol. The van der Waals surface area contributed by atoms with E-state index in [1.807, 2.05) is 0 Å². The van der Waals surface area contributed by atoms with Gasteiger partial charge in [0.1, 0.15) is 0 Å². The van der Waals surface area contributed by atoms with E-state index in [1.165, 1.54) is 32.4 Å². The zero-order chi connectivity index (χ0) is 11.2. The lowest BCUT2D eigenvalue weighted by molar-refractivity contribution is 0.0355. The van der Waals surface area contributed by atoms with Gasteiger partial charge in [0, 0.05) is 19.1 Å². The Kier molecular flexibility index (Phi) is 5.03. The Hall–Kier alpha value is -0.160.